The molecule has 112 valence electrons. The van der Waals surface area contributed by atoms with Gasteiger partial charge >= 0.3 is 0 Å². The number of nitrogens with zero attached hydrogens (tertiary/aromatic N) is 4. The Morgan fingerprint density at radius 1 is 1.38 bits per heavy atom. The summed E-state index contributed by atoms with van der Waals surface area (Å²) in [5.74, 6) is 0.903. The number of aromatic nitrogens is 2. The zero-order chi connectivity index (χ0) is 15.1. The Balaban J connectivity index is 1.84. The third-order valence-corrected chi connectivity index (χ3v) is 3.44. The maximum atomic E-state index is 4.34. The second-order valence-corrected chi connectivity index (χ2v) is 5.05. The van der Waals surface area contributed by atoms with Crippen molar-refractivity contribution in [1.82, 2.24) is 19.8 Å². The van der Waals surface area contributed by atoms with Gasteiger partial charge in [-0.2, -0.15) is 0 Å². The van der Waals surface area contributed by atoms with Crippen molar-refractivity contribution in [2.75, 3.05) is 20.6 Å². The van der Waals surface area contributed by atoms with Crippen molar-refractivity contribution >= 4 is 5.96 Å². The minimum atomic E-state index is 0.829. The van der Waals surface area contributed by atoms with E-state index in [0.717, 1.165) is 25.5 Å². The lowest BCUT2D eigenvalue weighted by Gasteiger charge is -2.22. The molecule has 0 bridgehead atoms. The monoisotopic (exact) mass is 285 g/mol. The Kier molecular flexibility index (Phi) is 5.37. The van der Waals surface area contributed by atoms with Crippen LogP contribution >= 0.6 is 0 Å². The van der Waals surface area contributed by atoms with E-state index in [-0.39, 0.29) is 0 Å². The van der Waals surface area contributed by atoms with Crippen LogP contribution in [0.1, 0.15) is 11.3 Å². The van der Waals surface area contributed by atoms with Gasteiger partial charge in [-0.05, 0) is 30.2 Å². The van der Waals surface area contributed by atoms with Gasteiger partial charge in [-0.1, -0.05) is 6.07 Å². The Morgan fingerprint density at radius 3 is 2.86 bits per heavy atom. The van der Waals surface area contributed by atoms with Gasteiger partial charge in [0.15, 0.2) is 5.96 Å². The van der Waals surface area contributed by atoms with Gasteiger partial charge in [-0.3, -0.25) is 9.98 Å². The van der Waals surface area contributed by atoms with Crippen molar-refractivity contribution in [2.45, 2.75) is 13.0 Å². The predicted molar refractivity (Wildman–Crippen MR) is 86.2 cm³/mol. The Hall–Kier alpha value is -2.30. The molecule has 5 heteroatoms. The van der Waals surface area contributed by atoms with Crippen LogP contribution in [0.3, 0.4) is 0 Å². The van der Waals surface area contributed by atoms with E-state index in [1.54, 1.807) is 6.20 Å². The number of hydrogen-bond donors (Lipinski definition) is 1. The van der Waals surface area contributed by atoms with E-state index in [9.17, 15) is 0 Å². The van der Waals surface area contributed by atoms with Gasteiger partial charge in [0.1, 0.15) is 0 Å². The fraction of sp³-hybridized carbons (Fsp3) is 0.375. The number of nitrogens with one attached hydrogen (secondary N) is 1. The van der Waals surface area contributed by atoms with Gasteiger partial charge in [-0.25, -0.2) is 0 Å². The van der Waals surface area contributed by atoms with Gasteiger partial charge in [-0.15, -0.1) is 0 Å². The molecule has 0 aromatic carbocycles. The van der Waals surface area contributed by atoms with Crippen LogP contribution in [0.5, 0.6) is 0 Å². The minimum Gasteiger partial charge on any atom is -0.356 e. The van der Waals surface area contributed by atoms with Crippen molar-refractivity contribution in [1.29, 1.82) is 0 Å². The molecule has 0 amide bonds. The standard InChI is InChI=1S/C16H23N5/c1-17-16(19-10-8-14-6-4-9-18-12-14)21(3)13-15-7-5-11-20(15)2/h4-7,9,11-12H,8,10,13H2,1-3H3,(H,17,19). The molecule has 2 rings (SSSR count). The summed E-state index contributed by atoms with van der Waals surface area (Å²) >= 11 is 0. The largest absolute Gasteiger partial charge is 0.356 e. The molecule has 21 heavy (non-hydrogen) atoms. The average Bonchev–Trinajstić information content (AvgIpc) is 2.90. The third-order valence-electron chi connectivity index (χ3n) is 3.44. The summed E-state index contributed by atoms with van der Waals surface area (Å²) in [5.41, 5.74) is 2.48. The second-order valence-electron chi connectivity index (χ2n) is 5.05. The summed E-state index contributed by atoms with van der Waals surface area (Å²) in [6.07, 6.45) is 6.69. The lowest BCUT2D eigenvalue weighted by Crippen LogP contribution is -2.39. The molecular weight excluding hydrogens is 262 g/mol. The Labute approximate surface area is 126 Å². The number of pyridine rings is 1. The molecule has 0 saturated carbocycles. The summed E-state index contributed by atoms with van der Waals surface area (Å²) in [5, 5.41) is 3.39. The molecule has 2 aromatic rings. The highest BCUT2D eigenvalue weighted by molar-refractivity contribution is 5.79. The summed E-state index contributed by atoms with van der Waals surface area (Å²) in [6.45, 7) is 1.67. The first-order chi connectivity index (χ1) is 10.2. The maximum Gasteiger partial charge on any atom is 0.193 e. The SMILES string of the molecule is CN=C(NCCc1cccnc1)N(C)Cc1cccn1C. The Bertz CT molecular complexity index is 573. The second kappa shape index (κ2) is 7.47. The third kappa shape index (κ3) is 4.34. The molecule has 0 spiro atoms. The number of guanidine groups is 1. The molecule has 0 atom stereocenters. The van der Waals surface area contributed by atoms with E-state index in [2.05, 4.69) is 56.2 Å². The van der Waals surface area contributed by atoms with Gasteiger partial charge < -0.3 is 14.8 Å². The number of hydrogen-bond acceptors (Lipinski definition) is 2. The van der Waals surface area contributed by atoms with Crippen LogP contribution in [0, 0.1) is 0 Å². The fourth-order valence-electron chi connectivity index (χ4n) is 2.23. The van der Waals surface area contributed by atoms with Crippen molar-refractivity contribution < 1.29 is 0 Å². The normalized spacial score (nSPS) is 11.5. The van der Waals surface area contributed by atoms with Crippen molar-refractivity contribution in [3.05, 3.63) is 54.1 Å². The highest BCUT2D eigenvalue weighted by Crippen LogP contribution is 2.03. The highest BCUT2D eigenvalue weighted by atomic mass is 15.3. The molecule has 2 heterocycles. The summed E-state index contributed by atoms with van der Waals surface area (Å²) in [7, 11) is 5.92. The van der Waals surface area contributed by atoms with Crippen LogP contribution in [0.4, 0.5) is 0 Å². The van der Waals surface area contributed by atoms with E-state index in [1.165, 1.54) is 11.3 Å². The molecule has 0 aliphatic heterocycles. The first-order valence-corrected chi connectivity index (χ1v) is 7.11. The average molecular weight is 285 g/mol. The van der Waals surface area contributed by atoms with Gasteiger partial charge in [0.05, 0.1) is 6.54 Å². The molecule has 2 aromatic heterocycles. The van der Waals surface area contributed by atoms with Crippen LogP contribution in [-0.4, -0.2) is 41.1 Å². The van der Waals surface area contributed by atoms with Gasteiger partial charge in [0.2, 0.25) is 0 Å². The van der Waals surface area contributed by atoms with Crippen molar-refractivity contribution in [3.8, 4) is 0 Å². The summed E-state index contributed by atoms with van der Waals surface area (Å²) in [6, 6.07) is 8.23. The zero-order valence-electron chi connectivity index (χ0n) is 13.0. The quantitative estimate of drug-likeness (QED) is 0.671. The van der Waals surface area contributed by atoms with Crippen LogP contribution < -0.4 is 5.32 Å². The van der Waals surface area contributed by atoms with E-state index in [0.29, 0.717) is 0 Å². The lowest BCUT2D eigenvalue weighted by molar-refractivity contribution is 0.462. The first-order valence-electron chi connectivity index (χ1n) is 7.11. The van der Waals surface area contributed by atoms with Crippen LogP contribution in [0.25, 0.3) is 0 Å². The highest BCUT2D eigenvalue weighted by Gasteiger charge is 2.07. The predicted octanol–water partition coefficient (Wildman–Crippen LogP) is 1.67. The Morgan fingerprint density at radius 2 is 2.24 bits per heavy atom. The van der Waals surface area contributed by atoms with Crippen molar-refractivity contribution in [3.63, 3.8) is 0 Å². The van der Waals surface area contributed by atoms with Crippen LogP contribution in [0.15, 0.2) is 47.8 Å². The summed E-state index contributed by atoms with van der Waals surface area (Å²) < 4.78 is 2.12. The molecule has 0 unspecified atom stereocenters. The first kappa shape index (κ1) is 15.1. The van der Waals surface area contributed by atoms with Gasteiger partial charge in [0.25, 0.3) is 0 Å². The molecule has 1 N–H and O–H groups in total. The molecule has 0 aliphatic rings. The van der Waals surface area contributed by atoms with E-state index in [1.807, 2.05) is 26.4 Å². The van der Waals surface area contributed by atoms with Crippen molar-refractivity contribution in [2.24, 2.45) is 12.0 Å². The molecule has 0 saturated heterocycles. The summed E-state index contributed by atoms with van der Waals surface area (Å²) in [4.78, 5) is 10.6. The molecule has 0 fully saturated rings. The van der Waals surface area contributed by atoms with E-state index in [4.69, 9.17) is 0 Å². The molecule has 0 radical (unpaired) electrons. The van der Waals surface area contributed by atoms with E-state index < -0.39 is 0 Å². The van der Waals surface area contributed by atoms with Crippen LogP contribution in [-0.2, 0) is 20.0 Å². The van der Waals surface area contributed by atoms with E-state index >= 15 is 0 Å². The number of aliphatic imine (C=N–C) groups is 1. The minimum absolute atomic E-state index is 0.829. The molecule has 5 nitrogen and oxygen atoms in total. The number of rotatable bonds is 5. The topological polar surface area (TPSA) is 45.5 Å². The molecule has 0 aliphatic carbocycles. The smallest absolute Gasteiger partial charge is 0.193 e. The molecular formula is C16H23N5. The zero-order valence-corrected chi connectivity index (χ0v) is 13.0. The van der Waals surface area contributed by atoms with Crippen LogP contribution in [0.2, 0.25) is 0 Å². The lowest BCUT2D eigenvalue weighted by atomic mass is 10.2. The maximum absolute atomic E-state index is 4.34. The number of aryl methyl sites for hydroxylation is 1. The fourth-order valence-corrected chi connectivity index (χ4v) is 2.23. The van der Waals surface area contributed by atoms with Gasteiger partial charge in [0, 0.05) is 52.0 Å².